The average Bonchev–Trinajstić information content (AvgIpc) is 2.68. The predicted molar refractivity (Wildman–Crippen MR) is 116 cm³/mol. The van der Waals surface area contributed by atoms with Gasteiger partial charge in [-0.3, -0.25) is 5.32 Å². The highest BCUT2D eigenvalue weighted by Gasteiger charge is 2.34. The van der Waals surface area contributed by atoms with E-state index in [0.717, 1.165) is 22.6 Å². The number of amides is 1. The molecule has 154 valence electrons. The van der Waals surface area contributed by atoms with Gasteiger partial charge >= 0.3 is 6.09 Å². The summed E-state index contributed by atoms with van der Waals surface area (Å²) in [4.78, 5) is 13.8. The summed E-state index contributed by atoms with van der Waals surface area (Å²) in [5.41, 5.74) is 3.20. The summed E-state index contributed by atoms with van der Waals surface area (Å²) < 4.78 is 28.7. The molecule has 1 heterocycles. The maximum absolute atomic E-state index is 11.8. The third kappa shape index (κ3) is 3.74. The number of benzene rings is 3. The molecule has 0 bridgehead atoms. The molecule has 1 aliphatic heterocycles. The van der Waals surface area contributed by atoms with Gasteiger partial charge in [0.1, 0.15) is 5.60 Å². The van der Waals surface area contributed by atoms with Crippen molar-refractivity contribution in [2.75, 3.05) is 10.2 Å². The zero-order valence-electron chi connectivity index (χ0n) is 16.5. The van der Waals surface area contributed by atoms with E-state index in [4.69, 9.17) is 9.88 Å². The van der Waals surface area contributed by atoms with E-state index < -0.39 is 21.7 Å². The number of nitrogens with one attached hydrogen (secondary N) is 1. The molecule has 0 atom stereocenters. The van der Waals surface area contributed by atoms with Crippen molar-refractivity contribution in [1.29, 1.82) is 0 Å². The molecule has 0 aromatic heterocycles. The Morgan fingerprint density at radius 1 is 0.900 bits per heavy atom. The summed E-state index contributed by atoms with van der Waals surface area (Å²) in [7, 11) is -3.78. The Bertz CT molecular complexity index is 1210. The number of fused-ring (bicyclic) bond motifs is 1. The zero-order valence-corrected chi connectivity index (χ0v) is 17.3. The quantitative estimate of drug-likeness (QED) is 0.638. The van der Waals surface area contributed by atoms with Crippen LogP contribution in [0.15, 0.2) is 77.7 Å². The Labute approximate surface area is 175 Å². The van der Waals surface area contributed by atoms with Gasteiger partial charge in [-0.15, -0.1) is 0 Å². The van der Waals surface area contributed by atoms with E-state index in [2.05, 4.69) is 5.32 Å². The number of sulfonamides is 1. The van der Waals surface area contributed by atoms with Crippen LogP contribution in [-0.4, -0.2) is 14.5 Å². The first-order valence-electron chi connectivity index (χ1n) is 9.28. The van der Waals surface area contributed by atoms with Crippen molar-refractivity contribution >= 4 is 38.9 Å². The summed E-state index contributed by atoms with van der Waals surface area (Å²) in [6.07, 6.45) is -0.487. The molecule has 3 N–H and O–H groups in total. The molecular weight excluding hydrogens is 402 g/mol. The molecule has 8 heteroatoms. The molecule has 3 aromatic rings. The fourth-order valence-electron chi connectivity index (χ4n) is 3.51. The third-order valence-electron chi connectivity index (χ3n) is 4.93. The van der Waals surface area contributed by atoms with Crippen molar-refractivity contribution in [3.05, 3.63) is 78.4 Å². The normalized spacial score (nSPS) is 15.0. The Balaban J connectivity index is 1.85. The number of primary sulfonamides is 1. The average molecular weight is 423 g/mol. The first-order valence-corrected chi connectivity index (χ1v) is 10.8. The van der Waals surface area contributed by atoms with Crippen LogP contribution in [0.5, 0.6) is 0 Å². The van der Waals surface area contributed by atoms with Crippen molar-refractivity contribution in [1.82, 2.24) is 0 Å². The maximum Gasteiger partial charge on any atom is 0.412 e. The van der Waals surface area contributed by atoms with E-state index in [1.54, 1.807) is 12.1 Å². The number of para-hydroxylation sites is 1. The molecule has 0 fully saturated rings. The largest absolute Gasteiger partial charge is 0.438 e. The number of cyclic esters (lactones) is 1. The van der Waals surface area contributed by atoms with Crippen LogP contribution in [0, 0.1) is 0 Å². The van der Waals surface area contributed by atoms with Crippen LogP contribution in [0.2, 0.25) is 0 Å². The molecule has 0 aliphatic carbocycles. The van der Waals surface area contributed by atoms with Crippen molar-refractivity contribution in [3.8, 4) is 0 Å². The van der Waals surface area contributed by atoms with E-state index in [9.17, 15) is 13.2 Å². The summed E-state index contributed by atoms with van der Waals surface area (Å²) in [6, 6.07) is 21.7. The first kappa shape index (κ1) is 19.9. The predicted octanol–water partition coefficient (Wildman–Crippen LogP) is 4.60. The highest BCUT2D eigenvalue weighted by molar-refractivity contribution is 7.89. The summed E-state index contributed by atoms with van der Waals surface area (Å²) in [5.74, 6) is 0. The second-order valence-electron chi connectivity index (χ2n) is 7.46. The van der Waals surface area contributed by atoms with Gasteiger partial charge in [-0.25, -0.2) is 18.4 Å². The number of carbonyl (C=O) groups is 1. The number of nitrogens with zero attached hydrogens (tertiary/aromatic N) is 1. The molecule has 30 heavy (non-hydrogen) atoms. The van der Waals surface area contributed by atoms with Gasteiger partial charge in [0, 0.05) is 22.6 Å². The van der Waals surface area contributed by atoms with Crippen LogP contribution in [0.25, 0.3) is 0 Å². The Hall–Kier alpha value is -3.36. The van der Waals surface area contributed by atoms with Crippen molar-refractivity contribution in [3.63, 3.8) is 0 Å². The van der Waals surface area contributed by atoms with Gasteiger partial charge in [-0.1, -0.05) is 18.2 Å². The number of anilines is 4. The number of nitrogens with two attached hydrogens (primary N) is 1. The zero-order chi connectivity index (χ0) is 21.5. The van der Waals surface area contributed by atoms with E-state index in [1.165, 1.54) is 12.1 Å². The molecule has 0 saturated heterocycles. The van der Waals surface area contributed by atoms with Crippen LogP contribution in [0.4, 0.5) is 27.5 Å². The molecule has 0 saturated carbocycles. The molecule has 3 aromatic carbocycles. The summed E-state index contributed by atoms with van der Waals surface area (Å²) in [5, 5.41) is 7.96. The van der Waals surface area contributed by atoms with Crippen molar-refractivity contribution in [2.45, 2.75) is 24.3 Å². The lowest BCUT2D eigenvalue weighted by Gasteiger charge is -2.34. The smallest absolute Gasteiger partial charge is 0.412 e. The number of hydrogen-bond acceptors (Lipinski definition) is 5. The highest BCUT2D eigenvalue weighted by Crippen LogP contribution is 2.41. The summed E-state index contributed by atoms with van der Waals surface area (Å²) in [6.45, 7) is 3.67. The Morgan fingerprint density at radius 3 is 2.13 bits per heavy atom. The van der Waals surface area contributed by atoms with Crippen LogP contribution in [0.3, 0.4) is 0 Å². The number of rotatable bonds is 4. The molecular formula is C22H21N3O4S. The monoisotopic (exact) mass is 423 g/mol. The second-order valence-corrected chi connectivity index (χ2v) is 9.03. The third-order valence-corrected chi connectivity index (χ3v) is 5.86. The minimum atomic E-state index is -3.78. The van der Waals surface area contributed by atoms with E-state index >= 15 is 0 Å². The molecule has 0 radical (unpaired) electrons. The number of hydrogen-bond donors (Lipinski definition) is 2. The Morgan fingerprint density at radius 2 is 1.50 bits per heavy atom. The maximum atomic E-state index is 11.8. The lowest BCUT2D eigenvalue weighted by Crippen LogP contribution is -2.34. The van der Waals surface area contributed by atoms with Crippen LogP contribution >= 0.6 is 0 Å². The van der Waals surface area contributed by atoms with Crippen molar-refractivity contribution < 1.29 is 17.9 Å². The fourth-order valence-corrected chi connectivity index (χ4v) is 4.03. The van der Waals surface area contributed by atoms with Gasteiger partial charge in [-0.05, 0) is 68.4 Å². The SMILES string of the molecule is CC1(C)OC(=O)Nc2ccc(N(c3ccccc3)c3ccc(S(N)(=O)=O)cc3)cc21. The minimum Gasteiger partial charge on any atom is -0.438 e. The van der Waals surface area contributed by atoms with Crippen LogP contribution < -0.4 is 15.4 Å². The van der Waals surface area contributed by atoms with Crippen LogP contribution in [-0.2, 0) is 20.4 Å². The molecule has 1 aliphatic rings. The van der Waals surface area contributed by atoms with Gasteiger partial charge in [0.15, 0.2) is 0 Å². The summed E-state index contributed by atoms with van der Waals surface area (Å²) >= 11 is 0. The van der Waals surface area contributed by atoms with Gasteiger partial charge in [0.25, 0.3) is 0 Å². The molecule has 0 spiro atoms. The van der Waals surface area contributed by atoms with E-state index in [-0.39, 0.29) is 4.90 Å². The van der Waals surface area contributed by atoms with E-state index in [1.807, 2.05) is 67.3 Å². The topological polar surface area (TPSA) is 102 Å². The number of ether oxygens (including phenoxy) is 1. The van der Waals surface area contributed by atoms with Gasteiger partial charge < -0.3 is 9.64 Å². The van der Waals surface area contributed by atoms with Gasteiger partial charge in [0.2, 0.25) is 10.0 Å². The lowest BCUT2D eigenvalue weighted by atomic mass is 9.94. The fraction of sp³-hybridized carbons (Fsp3) is 0.136. The molecule has 1 amide bonds. The van der Waals surface area contributed by atoms with Crippen LogP contribution in [0.1, 0.15) is 19.4 Å². The standard InChI is InChI=1S/C22H21N3O4S/c1-22(2)19-14-17(10-13-20(19)24-21(26)29-22)25(15-6-4-3-5-7-15)16-8-11-18(12-9-16)30(23,27)28/h3-14H,1-2H3,(H,24,26)(H2,23,27,28). The van der Waals surface area contributed by atoms with E-state index in [0.29, 0.717) is 5.69 Å². The van der Waals surface area contributed by atoms with Gasteiger partial charge in [0.05, 0.1) is 10.6 Å². The minimum absolute atomic E-state index is 0.0435. The second kappa shape index (κ2) is 7.16. The Kier molecular flexibility index (Phi) is 4.76. The molecule has 0 unspecified atom stereocenters. The highest BCUT2D eigenvalue weighted by atomic mass is 32.2. The molecule has 7 nitrogen and oxygen atoms in total. The lowest BCUT2D eigenvalue weighted by molar-refractivity contribution is 0.0421. The van der Waals surface area contributed by atoms with Gasteiger partial charge in [-0.2, -0.15) is 0 Å². The molecule has 4 rings (SSSR count). The number of carbonyl (C=O) groups excluding carboxylic acids is 1. The van der Waals surface area contributed by atoms with Crippen molar-refractivity contribution in [2.24, 2.45) is 5.14 Å². The first-order chi connectivity index (χ1) is 14.1.